The summed E-state index contributed by atoms with van der Waals surface area (Å²) < 4.78 is 10.8. The number of carbonyl (C=O) groups excluding carboxylic acids is 1. The Bertz CT molecular complexity index is 960. The van der Waals surface area contributed by atoms with Crippen LogP contribution in [0.2, 0.25) is 0 Å². The number of nitrogens with zero attached hydrogens (tertiary/aromatic N) is 3. The van der Waals surface area contributed by atoms with Crippen molar-refractivity contribution in [2.75, 3.05) is 31.7 Å². The zero-order valence-electron chi connectivity index (χ0n) is 16.2. The molecule has 1 aliphatic heterocycles. The highest BCUT2D eigenvalue weighted by molar-refractivity contribution is 5.78. The molecule has 0 bridgehead atoms. The quantitative estimate of drug-likeness (QED) is 0.640. The summed E-state index contributed by atoms with van der Waals surface area (Å²) in [6.07, 6.45) is 4.45. The molecule has 2 N–H and O–H groups in total. The predicted molar refractivity (Wildman–Crippen MR) is 109 cm³/mol. The van der Waals surface area contributed by atoms with E-state index in [0.717, 1.165) is 24.4 Å². The van der Waals surface area contributed by atoms with E-state index in [2.05, 4.69) is 25.2 Å². The van der Waals surface area contributed by atoms with E-state index in [9.17, 15) is 4.79 Å². The summed E-state index contributed by atoms with van der Waals surface area (Å²) in [7, 11) is 1.57. The summed E-state index contributed by atoms with van der Waals surface area (Å²) in [5.74, 6) is 1.65. The molecule has 29 heavy (non-hydrogen) atoms. The molecule has 1 fully saturated rings. The van der Waals surface area contributed by atoms with Gasteiger partial charge >= 0.3 is 0 Å². The van der Waals surface area contributed by atoms with Crippen molar-refractivity contribution in [1.29, 1.82) is 0 Å². The van der Waals surface area contributed by atoms with Crippen molar-refractivity contribution < 1.29 is 14.3 Å². The third-order valence-corrected chi connectivity index (χ3v) is 4.78. The summed E-state index contributed by atoms with van der Waals surface area (Å²) in [6, 6.07) is 13.1. The van der Waals surface area contributed by atoms with E-state index in [-0.39, 0.29) is 18.6 Å². The Balaban J connectivity index is 1.31. The number of anilines is 1. The summed E-state index contributed by atoms with van der Waals surface area (Å²) in [6.45, 7) is 1.39. The third kappa shape index (κ3) is 4.48. The standard InChI is InChI=1S/C21H23N5O3/c1-28-18-6-2-3-7-19(18)29-14-20(27)24-15-9-12-26(13-15)21-23-11-8-17(25-21)16-5-4-10-22-16/h2-8,10-11,15,22H,9,12-14H2,1H3,(H,24,27). The summed E-state index contributed by atoms with van der Waals surface area (Å²) in [4.78, 5) is 26.6. The minimum atomic E-state index is -0.163. The van der Waals surface area contributed by atoms with Gasteiger partial charge in [-0.05, 0) is 36.8 Å². The number of hydrogen-bond acceptors (Lipinski definition) is 6. The lowest BCUT2D eigenvalue weighted by molar-refractivity contribution is -0.123. The number of hydrogen-bond donors (Lipinski definition) is 2. The van der Waals surface area contributed by atoms with Gasteiger partial charge in [-0.15, -0.1) is 0 Å². The van der Waals surface area contributed by atoms with Crippen molar-refractivity contribution in [3.05, 3.63) is 54.9 Å². The lowest BCUT2D eigenvalue weighted by atomic mass is 10.2. The molecule has 1 aliphatic rings. The number of amides is 1. The van der Waals surface area contributed by atoms with Gasteiger partial charge in [0.05, 0.1) is 18.5 Å². The molecule has 0 saturated carbocycles. The second-order valence-corrected chi connectivity index (χ2v) is 6.76. The molecule has 1 amide bonds. The molecule has 2 aromatic heterocycles. The maximum absolute atomic E-state index is 12.3. The minimum absolute atomic E-state index is 0.0292. The Hall–Kier alpha value is -3.55. The van der Waals surface area contributed by atoms with Gasteiger partial charge < -0.3 is 24.7 Å². The Labute approximate surface area is 168 Å². The van der Waals surface area contributed by atoms with Crippen LogP contribution in [0.1, 0.15) is 6.42 Å². The molecule has 0 spiro atoms. The molecular weight excluding hydrogens is 370 g/mol. The number of benzene rings is 1. The van der Waals surface area contributed by atoms with Crippen LogP contribution in [-0.2, 0) is 4.79 Å². The van der Waals surface area contributed by atoms with Crippen LogP contribution in [0.5, 0.6) is 11.5 Å². The smallest absolute Gasteiger partial charge is 0.258 e. The molecule has 8 heteroatoms. The van der Waals surface area contributed by atoms with Crippen molar-refractivity contribution in [2.45, 2.75) is 12.5 Å². The first-order valence-corrected chi connectivity index (χ1v) is 9.50. The van der Waals surface area contributed by atoms with E-state index >= 15 is 0 Å². The largest absolute Gasteiger partial charge is 0.493 e. The zero-order chi connectivity index (χ0) is 20.1. The Morgan fingerprint density at radius 2 is 2.10 bits per heavy atom. The highest BCUT2D eigenvalue weighted by Gasteiger charge is 2.26. The molecule has 3 aromatic rings. The molecule has 150 valence electrons. The fourth-order valence-electron chi connectivity index (χ4n) is 3.35. The van der Waals surface area contributed by atoms with E-state index in [1.807, 2.05) is 36.5 Å². The van der Waals surface area contributed by atoms with Crippen LogP contribution < -0.4 is 19.7 Å². The number of H-pyrrole nitrogens is 1. The lowest BCUT2D eigenvalue weighted by Gasteiger charge is -2.17. The number of carbonyl (C=O) groups is 1. The van der Waals surface area contributed by atoms with Gasteiger partial charge in [0.15, 0.2) is 18.1 Å². The summed E-state index contributed by atoms with van der Waals surface area (Å²) in [5.41, 5.74) is 1.80. The van der Waals surface area contributed by atoms with E-state index < -0.39 is 0 Å². The number of ether oxygens (including phenoxy) is 2. The van der Waals surface area contributed by atoms with E-state index in [1.54, 1.807) is 25.4 Å². The first-order chi connectivity index (χ1) is 14.2. The molecule has 8 nitrogen and oxygen atoms in total. The SMILES string of the molecule is COc1ccccc1OCC(=O)NC1CCN(c2nccc(-c3ccc[nH]3)n2)C1. The van der Waals surface area contributed by atoms with Crippen LogP contribution in [0.4, 0.5) is 5.95 Å². The van der Waals surface area contributed by atoms with Crippen molar-refractivity contribution in [2.24, 2.45) is 0 Å². The average Bonchev–Trinajstić information content (AvgIpc) is 3.45. The maximum Gasteiger partial charge on any atom is 0.258 e. The van der Waals surface area contributed by atoms with Crippen LogP contribution in [0.3, 0.4) is 0 Å². The van der Waals surface area contributed by atoms with E-state index in [4.69, 9.17) is 9.47 Å². The van der Waals surface area contributed by atoms with Crippen molar-refractivity contribution in [3.8, 4) is 22.9 Å². The number of aromatic nitrogens is 3. The van der Waals surface area contributed by atoms with Crippen molar-refractivity contribution >= 4 is 11.9 Å². The highest BCUT2D eigenvalue weighted by atomic mass is 16.5. The molecule has 1 atom stereocenters. The average molecular weight is 393 g/mol. The van der Waals surface area contributed by atoms with Crippen molar-refractivity contribution in [3.63, 3.8) is 0 Å². The normalized spacial score (nSPS) is 15.9. The molecule has 0 aliphatic carbocycles. The predicted octanol–water partition coefficient (Wildman–Crippen LogP) is 2.25. The highest BCUT2D eigenvalue weighted by Crippen LogP contribution is 2.25. The van der Waals surface area contributed by atoms with Crippen molar-refractivity contribution in [1.82, 2.24) is 20.3 Å². The Morgan fingerprint density at radius 1 is 1.24 bits per heavy atom. The minimum Gasteiger partial charge on any atom is -0.493 e. The first kappa shape index (κ1) is 18.8. The number of para-hydroxylation sites is 2. The van der Waals surface area contributed by atoms with Crippen LogP contribution in [-0.4, -0.2) is 53.7 Å². The first-order valence-electron chi connectivity index (χ1n) is 9.50. The maximum atomic E-state index is 12.3. The monoisotopic (exact) mass is 393 g/mol. The van der Waals surface area contributed by atoms with Gasteiger partial charge in [0.1, 0.15) is 0 Å². The number of aromatic amines is 1. The molecule has 0 radical (unpaired) electrons. The number of nitrogens with one attached hydrogen (secondary N) is 2. The molecule has 1 unspecified atom stereocenters. The van der Waals surface area contributed by atoms with E-state index in [0.29, 0.717) is 24.0 Å². The van der Waals surface area contributed by atoms with Gasteiger partial charge in [-0.25, -0.2) is 9.97 Å². The Kier molecular flexibility index (Phi) is 5.60. The second-order valence-electron chi connectivity index (χ2n) is 6.76. The molecule has 4 rings (SSSR count). The molecule has 1 saturated heterocycles. The molecule has 1 aromatic carbocycles. The summed E-state index contributed by atoms with van der Waals surface area (Å²) in [5, 5.41) is 3.02. The summed E-state index contributed by atoms with van der Waals surface area (Å²) >= 11 is 0. The number of methoxy groups -OCH3 is 1. The van der Waals surface area contributed by atoms with Crippen LogP contribution in [0, 0.1) is 0 Å². The molecule has 3 heterocycles. The van der Waals surface area contributed by atoms with Gasteiger partial charge in [0, 0.05) is 31.5 Å². The van der Waals surface area contributed by atoms with Gasteiger partial charge in [-0.3, -0.25) is 4.79 Å². The van der Waals surface area contributed by atoms with Gasteiger partial charge in [-0.2, -0.15) is 0 Å². The number of rotatable bonds is 7. The lowest BCUT2D eigenvalue weighted by Crippen LogP contribution is -2.39. The second kappa shape index (κ2) is 8.64. The van der Waals surface area contributed by atoms with Crippen LogP contribution >= 0.6 is 0 Å². The van der Waals surface area contributed by atoms with Gasteiger partial charge in [-0.1, -0.05) is 12.1 Å². The van der Waals surface area contributed by atoms with Gasteiger partial charge in [0.2, 0.25) is 5.95 Å². The fraction of sp³-hybridized carbons (Fsp3) is 0.286. The van der Waals surface area contributed by atoms with Crippen LogP contribution in [0.25, 0.3) is 11.4 Å². The Morgan fingerprint density at radius 3 is 2.90 bits per heavy atom. The third-order valence-electron chi connectivity index (χ3n) is 4.78. The molecular formula is C21H23N5O3. The topological polar surface area (TPSA) is 92.4 Å². The van der Waals surface area contributed by atoms with Gasteiger partial charge in [0.25, 0.3) is 5.91 Å². The van der Waals surface area contributed by atoms with Crippen LogP contribution in [0.15, 0.2) is 54.9 Å². The fourth-order valence-corrected chi connectivity index (χ4v) is 3.35. The zero-order valence-corrected chi connectivity index (χ0v) is 16.2. The van der Waals surface area contributed by atoms with E-state index in [1.165, 1.54) is 0 Å².